The fraction of sp³-hybridized carbons (Fsp3) is 0.933. The van der Waals surface area contributed by atoms with Gasteiger partial charge in [0.2, 0.25) is 0 Å². The SMILES string of the molecule is CC[C@@]1(C)CCC[C@@]2(C)C1CC[C@]1(C)C2CC(=O)[C@@]2(C)C1C[C@H](OC(C)=O)C1[C@@H]2CO[C@]1(C)OC. The van der Waals surface area contributed by atoms with E-state index in [-0.39, 0.29) is 40.7 Å². The molecule has 0 bridgehead atoms. The standard InChI is InChI=1S/C30H48O5/c1-9-26(3)12-10-13-27(4)21(26)11-14-28(5)22(27)16-24(32)29(6)19-17-34-30(7,33-8)25(19)20(15-23(28)29)35-18(2)31/h19-23,25H,9-17H2,1-8H3/t19-,20-,21?,22?,23?,25?,26-,27-,28+,29+,30-/m0/s1. The van der Waals surface area contributed by atoms with Gasteiger partial charge in [-0.1, -0.05) is 47.5 Å². The summed E-state index contributed by atoms with van der Waals surface area (Å²) in [5.41, 5.74) is 0.133. The molecule has 5 nitrogen and oxygen atoms in total. The molecule has 0 aromatic carbocycles. The number of ether oxygens (including phenoxy) is 3. The Bertz CT molecular complexity index is 901. The van der Waals surface area contributed by atoms with E-state index in [4.69, 9.17) is 14.2 Å². The lowest BCUT2D eigenvalue weighted by atomic mass is 9.34. The molecule has 4 unspecified atom stereocenters. The van der Waals surface area contributed by atoms with E-state index in [0.29, 0.717) is 36.1 Å². The number of ketones is 1. The van der Waals surface area contributed by atoms with E-state index in [9.17, 15) is 9.59 Å². The predicted molar refractivity (Wildman–Crippen MR) is 134 cm³/mol. The highest BCUT2D eigenvalue weighted by Gasteiger charge is 2.73. The molecule has 5 rings (SSSR count). The molecule has 5 aliphatic rings. The molecule has 1 aliphatic heterocycles. The third-order valence-corrected chi connectivity index (χ3v) is 12.9. The highest BCUT2D eigenvalue weighted by molar-refractivity contribution is 5.87. The fourth-order valence-electron chi connectivity index (χ4n) is 10.9. The summed E-state index contributed by atoms with van der Waals surface area (Å²) in [5.74, 6) is 0.427. The third-order valence-electron chi connectivity index (χ3n) is 12.9. The summed E-state index contributed by atoms with van der Waals surface area (Å²) in [7, 11) is 1.66. The van der Waals surface area contributed by atoms with Crippen molar-refractivity contribution in [3.05, 3.63) is 0 Å². The van der Waals surface area contributed by atoms with E-state index in [2.05, 4.69) is 34.6 Å². The van der Waals surface area contributed by atoms with Crippen LogP contribution in [0.25, 0.3) is 0 Å². The first-order valence-corrected chi connectivity index (χ1v) is 14.2. The van der Waals surface area contributed by atoms with Gasteiger partial charge in [0.25, 0.3) is 0 Å². The average Bonchev–Trinajstić information content (AvgIpc) is 3.16. The van der Waals surface area contributed by atoms with Crippen LogP contribution < -0.4 is 0 Å². The summed E-state index contributed by atoms with van der Waals surface area (Å²) in [6.07, 6.45) is 8.55. The Kier molecular flexibility index (Phi) is 5.89. The topological polar surface area (TPSA) is 61.8 Å². The van der Waals surface area contributed by atoms with Crippen molar-refractivity contribution in [3.63, 3.8) is 0 Å². The second-order valence-electron chi connectivity index (χ2n) is 14.0. The molecule has 0 aromatic rings. The van der Waals surface area contributed by atoms with Crippen molar-refractivity contribution in [1.82, 2.24) is 0 Å². The maximum Gasteiger partial charge on any atom is 0.302 e. The summed E-state index contributed by atoms with van der Waals surface area (Å²) >= 11 is 0. The fourth-order valence-corrected chi connectivity index (χ4v) is 10.9. The van der Waals surface area contributed by atoms with Crippen LogP contribution in [0.4, 0.5) is 0 Å². The van der Waals surface area contributed by atoms with Gasteiger partial charge >= 0.3 is 5.97 Å². The molecule has 0 radical (unpaired) electrons. The number of esters is 1. The monoisotopic (exact) mass is 488 g/mol. The van der Waals surface area contributed by atoms with Gasteiger partial charge in [0.15, 0.2) is 5.79 Å². The van der Waals surface area contributed by atoms with Crippen LogP contribution in [0.1, 0.15) is 99.8 Å². The Morgan fingerprint density at radius 3 is 2.34 bits per heavy atom. The second kappa shape index (κ2) is 8.03. The van der Waals surface area contributed by atoms with E-state index in [0.717, 1.165) is 12.8 Å². The Balaban J connectivity index is 1.59. The second-order valence-corrected chi connectivity index (χ2v) is 14.0. The zero-order valence-corrected chi connectivity index (χ0v) is 23.4. The summed E-state index contributed by atoms with van der Waals surface area (Å²) in [6.45, 7) is 16.0. The van der Waals surface area contributed by atoms with Gasteiger partial charge in [0.05, 0.1) is 12.5 Å². The largest absolute Gasteiger partial charge is 0.462 e. The van der Waals surface area contributed by atoms with Crippen LogP contribution in [-0.4, -0.2) is 37.4 Å². The minimum absolute atomic E-state index is 0.00128. The van der Waals surface area contributed by atoms with E-state index in [1.807, 2.05) is 6.92 Å². The van der Waals surface area contributed by atoms with E-state index in [1.54, 1.807) is 7.11 Å². The van der Waals surface area contributed by atoms with Gasteiger partial charge in [-0.25, -0.2) is 0 Å². The van der Waals surface area contributed by atoms with Crippen LogP contribution in [0.3, 0.4) is 0 Å². The van der Waals surface area contributed by atoms with Crippen molar-refractivity contribution in [3.8, 4) is 0 Å². The van der Waals surface area contributed by atoms with Crippen molar-refractivity contribution in [2.24, 2.45) is 51.2 Å². The quantitative estimate of drug-likeness (QED) is 0.444. The number of carbonyl (C=O) groups is 2. The molecule has 35 heavy (non-hydrogen) atoms. The highest BCUT2D eigenvalue weighted by Crippen LogP contribution is 2.74. The number of fused-ring (bicyclic) bond motifs is 7. The molecule has 4 saturated carbocycles. The lowest BCUT2D eigenvalue weighted by molar-refractivity contribution is -0.248. The molecule has 0 spiro atoms. The summed E-state index contributed by atoms with van der Waals surface area (Å²) in [5, 5.41) is 0. The van der Waals surface area contributed by atoms with E-state index < -0.39 is 11.2 Å². The Labute approximate surface area is 212 Å². The van der Waals surface area contributed by atoms with Crippen LogP contribution >= 0.6 is 0 Å². The number of hydrogen-bond acceptors (Lipinski definition) is 5. The van der Waals surface area contributed by atoms with Gasteiger partial charge in [0.1, 0.15) is 11.9 Å². The lowest BCUT2D eigenvalue weighted by Gasteiger charge is -2.70. The van der Waals surface area contributed by atoms with Gasteiger partial charge in [-0.05, 0) is 73.0 Å². The Hall–Kier alpha value is -0.940. The molecular weight excluding hydrogens is 440 g/mol. The van der Waals surface area contributed by atoms with E-state index in [1.165, 1.54) is 39.0 Å². The molecule has 4 aliphatic carbocycles. The molecule has 1 saturated heterocycles. The molecule has 5 fully saturated rings. The third kappa shape index (κ3) is 3.25. The highest BCUT2D eigenvalue weighted by atomic mass is 16.7. The smallest absolute Gasteiger partial charge is 0.302 e. The molecule has 0 N–H and O–H groups in total. The first-order chi connectivity index (χ1) is 16.3. The number of hydrogen-bond donors (Lipinski definition) is 0. The van der Waals surface area contributed by atoms with Crippen molar-refractivity contribution >= 4 is 11.8 Å². The van der Waals surface area contributed by atoms with Crippen LogP contribution in [0.15, 0.2) is 0 Å². The van der Waals surface area contributed by atoms with Crippen molar-refractivity contribution in [2.45, 2.75) is 112 Å². The van der Waals surface area contributed by atoms with Gasteiger partial charge in [0, 0.05) is 31.8 Å². The van der Waals surface area contributed by atoms with Crippen molar-refractivity contribution in [2.75, 3.05) is 13.7 Å². The number of methoxy groups -OCH3 is 1. The Morgan fingerprint density at radius 2 is 1.71 bits per heavy atom. The van der Waals surface area contributed by atoms with Gasteiger partial charge in [-0.3, -0.25) is 9.59 Å². The molecule has 0 amide bonds. The first kappa shape index (κ1) is 25.7. The summed E-state index contributed by atoms with van der Waals surface area (Å²) in [4.78, 5) is 26.6. The number of Topliss-reactive ketones (excluding diaryl/α,β-unsaturated/α-hetero) is 1. The molecule has 198 valence electrons. The molecule has 5 heteroatoms. The van der Waals surface area contributed by atoms with Crippen LogP contribution in [-0.2, 0) is 23.8 Å². The first-order valence-electron chi connectivity index (χ1n) is 14.2. The number of carbonyl (C=O) groups excluding carboxylic acids is 2. The minimum atomic E-state index is -0.841. The maximum absolute atomic E-state index is 14.4. The molecule has 0 aromatic heterocycles. The summed E-state index contributed by atoms with van der Waals surface area (Å²) in [6, 6.07) is 0. The zero-order valence-electron chi connectivity index (χ0n) is 23.4. The number of rotatable bonds is 3. The summed E-state index contributed by atoms with van der Waals surface area (Å²) < 4.78 is 18.2. The molecule has 1 heterocycles. The average molecular weight is 489 g/mol. The minimum Gasteiger partial charge on any atom is -0.462 e. The van der Waals surface area contributed by atoms with Crippen LogP contribution in [0.5, 0.6) is 0 Å². The predicted octanol–water partition coefficient (Wildman–Crippen LogP) is 6.18. The Morgan fingerprint density at radius 1 is 1.03 bits per heavy atom. The van der Waals surface area contributed by atoms with E-state index >= 15 is 0 Å². The zero-order chi connectivity index (χ0) is 25.6. The lowest BCUT2D eigenvalue weighted by Crippen LogP contribution is -2.68. The maximum atomic E-state index is 14.4. The van der Waals surface area contributed by atoms with Gasteiger partial charge < -0.3 is 14.2 Å². The van der Waals surface area contributed by atoms with Crippen molar-refractivity contribution in [1.29, 1.82) is 0 Å². The van der Waals surface area contributed by atoms with Gasteiger partial charge in [-0.2, -0.15) is 0 Å². The van der Waals surface area contributed by atoms with Crippen LogP contribution in [0, 0.1) is 51.2 Å². The van der Waals surface area contributed by atoms with Crippen LogP contribution in [0.2, 0.25) is 0 Å². The molecule has 11 atom stereocenters. The molecular formula is C30H48O5. The normalized spacial score (nSPS) is 55.4. The van der Waals surface area contributed by atoms with Crippen molar-refractivity contribution < 1.29 is 23.8 Å². The van der Waals surface area contributed by atoms with Gasteiger partial charge in [-0.15, -0.1) is 0 Å².